The summed E-state index contributed by atoms with van der Waals surface area (Å²) < 4.78 is 0. The maximum absolute atomic E-state index is 12.4. The Bertz CT molecular complexity index is 551. The minimum Gasteiger partial charge on any atom is -0.353 e. The van der Waals surface area contributed by atoms with Gasteiger partial charge in [0.25, 0.3) is 0 Å². The summed E-state index contributed by atoms with van der Waals surface area (Å²) in [6.07, 6.45) is 8.45. The van der Waals surface area contributed by atoms with E-state index >= 15 is 0 Å². The number of carbonyl (C=O) groups is 2. The van der Waals surface area contributed by atoms with Crippen molar-refractivity contribution in [2.24, 2.45) is 0 Å². The molecule has 2 rings (SSSR count). The number of hydrogen-bond acceptors (Lipinski definition) is 3. The van der Waals surface area contributed by atoms with E-state index in [1.54, 1.807) is 0 Å². The standard InChI is InChI=1S/C21H32N2O2/c1-2-14-22-15-13-17-7-6-8-18(16-17)20(24)11-12-21(25)23-19-9-4-3-5-10-19/h6-8,16,19,22H,2-5,9-15H2,1H3,(H,23,25). The topological polar surface area (TPSA) is 58.2 Å². The fraction of sp³-hybridized carbons (Fsp3) is 0.619. The fourth-order valence-corrected chi connectivity index (χ4v) is 3.35. The Morgan fingerprint density at radius 2 is 1.88 bits per heavy atom. The Labute approximate surface area is 151 Å². The van der Waals surface area contributed by atoms with Gasteiger partial charge in [0.2, 0.25) is 5.91 Å². The largest absolute Gasteiger partial charge is 0.353 e. The molecule has 1 fully saturated rings. The van der Waals surface area contributed by atoms with Crippen molar-refractivity contribution in [3.05, 3.63) is 35.4 Å². The molecule has 4 heteroatoms. The van der Waals surface area contributed by atoms with Crippen molar-refractivity contribution >= 4 is 11.7 Å². The van der Waals surface area contributed by atoms with Gasteiger partial charge in [-0.1, -0.05) is 44.4 Å². The summed E-state index contributed by atoms with van der Waals surface area (Å²) in [6.45, 7) is 4.10. The average molecular weight is 344 g/mol. The highest BCUT2D eigenvalue weighted by Gasteiger charge is 2.16. The molecule has 0 spiro atoms. The van der Waals surface area contributed by atoms with Gasteiger partial charge >= 0.3 is 0 Å². The van der Waals surface area contributed by atoms with Crippen LogP contribution in [-0.4, -0.2) is 30.8 Å². The monoisotopic (exact) mass is 344 g/mol. The number of hydrogen-bond donors (Lipinski definition) is 2. The van der Waals surface area contributed by atoms with Gasteiger partial charge in [-0.25, -0.2) is 0 Å². The molecular formula is C21H32N2O2. The van der Waals surface area contributed by atoms with Gasteiger partial charge in [0.1, 0.15) is 0 Å². The van der Waals surface area contributed by atoms with Crippen LogP contribution in [0.15, 0.2) is 24.3 Å². The maximum Gasteiger partial charge on any atom is 0.220 e. The number of rotatable bonds is 10. The molecule has 0 bridgehead atoms. The molecule has 4 nitrogen and oxygen atoms in total. The lowest BCUT2D eigenvalue weighted by Gasteiger charge is -2.22. The van der Waals surface area contributed by atoms with Crippen molar-refractivity contribution in [1.29, 1.82) is 0 Å². The molecule has 0 heterocycles. The second-order valence-corrected chi connectivity index (χ2v) is 7.03. The van der Waals surface area contributed by atoms with E-state index in [0.717, 1.165) is 44.3 Å². The van der Waals surface area contributed by atoms with Gasteiger partial charge < -0.3 is 10.6 Å². The highest BCUT2D eigenvalue weighted by molar-refractivity contribution is 5.98. The number of amides is 1. The zero-order valence-corrected chi connectivity index (χ0v) is 15.5. The summed E-state index contributed by atoms with van der Waals surface area (Å²) >= 11 is 0. The predicted molar refractivity (Wildman–Crippen MR) is 102 cm³/mol. The molecule has 1 aliphatic rings. The van der Waals surface area contributed by atoms with Gasteiger partial charge in [0, 0.05) is 24.4 Å². The third-order valence-corrected chi connectivity index (χ3v) is 4.82. The van der Waals surface area contributed by atoms with Crippen LogP contribution in [0.1, 0.15) is 74.2 Å². The average Bonchev–Trinajstić information content (AvgIpc) is 2.64. The molecule has 138 valence electrons. The minimum absolute atomic E-state index is 0.0140. The number of carbonyl (C=O) groups excluding carboxylic acids is 2. The van der Waals surface area contributed by atoms with Crippen LogP contribution in [0.4, 0.5) is 0 Å². The Morgan fingerprint density at radius 1 is 1.08 bits per heavy atom. The third-order valence-electron chi connectivity index (χ3n) is 4.82. The summed E-state index contributed by atoms with van der Waals surface area (Å²) in [5, 5.41) is 6.45. The second-order valence-electron chi connectivity index (χ2n) is 7.03. The Kier molecular flexibility index (Phi) is 8.67. The number of nitrogens with one attached hydrogen (secondary N) is 2. The zero-order valence-electron chi connectivity index (χ0n) is 15.5. The van der Waals surface area contributed by atoms with Gasteiger partial charge in [-0.2, -0.15) is 0 Å². The number of ketones is 1. The van der Waals surface area contributed by atoms with E-state index in [1.165, 1.54) is 24.8 Å². The van der Waals surface area contributed by atoms with Gasteiger partial charge in [-0.05, 0) is 50.4 Å². The zero-order chi connectivity index (χ0) is 17.9. The molecule has 0 radical (unpaired) electrons. The second kappa shape index (κ2) is 11.0. The van der Waals surface area contributed by atoms with Crippen LogP contribution in [0, 0.1) is 0 Å². The SMILES string of the molecule is CCCNCCc1cccc(C(=O)CCC(=O)NC2CCCCC2)c1. The Morgan fingerprint density at radius 3 is 2.64 bits per heavy atom. The molecule has 0 atom stereocenters. The molecule has 1 amide bonds. The lowest BCUT2D eigenvalue weighted by atomic mass is 9.95. The lowest BCUT2D eigenvalue weighted by Crippen LogP contribution is -2.36. The first-order chi connectivity index (χ1) is 12.2. The Balaban J connectivity index is 1.74. The summed E-state index contributed by atoms with van der Waals surface area (Å²) in [5.41, 5.74) is 1.89. The highest BCUT2D eigenvalue weighted by atomic mass is 16.2. The first-order valence-corrected chi connectivity index (χ1v) is 9.81. The molecule has 0 aromatic heterocycles. The highest BCUT2D eigenvalue weighted by Crippen LogP contribution is 2.17. The lowest BCUT2D eigenvalue weighted by molar-refractivity contribution is -0.121. The molecule has 0 unspecified atom stereocenters. The van der Waals surface area contributed by atoms with Crippen LogP contribution >= 0.6 is 0 Å². The first kappa shape index (κ1) is 19.6. The van der Waals surface area contributed by atoms with Crippen LogP contribution < -0.4 is 10.6 Å². The quantitative estimate of drug-likeness (QED) is 0.503. The van der Waals surface area contributed by atoms with Crippen molar-refractivity contribution in [2.75, 3.05) is 13.1 Å². The van der Waals surface area contributed by atoms with Crippen molar-refractivity contribution in [3.8, 4) is 0 Å². The molecular weight excluding hydrogens is 312 g/mol. The third kappa shape index (κ3) is 7.39. The maximum atomic E-state index is 12.4. The van der Waals surface area contributed by atoms with Gasteiger partial charge in [-0.15, -0.1) is 0 Å². The van der Waals surface area contributed by atoms with E-state index in [2.05, 4.69) is 23.6 Å². The number of Topliss-reactive ketones (excluding diaryl/α,β-unsaturated/α-hetero) is 1. The van der Waals surface area contributed by atoms with E-state index < -0.39 is 0 Å². The first-order valence-electron chi connectivity index (χ1n) is 9.81. The summed E-state index contributed by atoms with van der Waals surface area (Å²) in [6, 6.07) is 8.12. The van der Waals surface area contributed by atoms with E-state index in [-0.39, 0.29) is 24.5 Å². The Hall–Kier alpha value is -1.68. The van der Waals surface area contributed by atoms with Crippen LogP contribution in [0.25, 0.3) is 0 Å². The minimum atomic E-state index is 0.0140. The molecule has 25 heavy (non-hydrogen) atoms. The molecule has 1 aromatic carbocycles. The van der Waals surface area contributed by atoms with Crippen LogP contribution in [0.5, 0.6) is 0 Å². The predicted octanol–water partition coefficient (Wildman–Crippen LogP) is 3.64. The van der Waals surface area contributed by atoms with E-state index in [9.17, 15) is 9.59 Å². The van der Waals surface area contributed by atoms with Gasteiger partial charge in [0.15, 0.2) is 5.78 Å². The molecule has 0 aliphatic heterocycles. The van der Waals surface area contributed by atoms with Crippen LogP contribution in [-0.2, 0) is 11.2 Å². The summed E-state index contributed by atoms with van der Waals surface area (Å²) in [4.78, 5) is 24.4. The normalized spacial score (nSPS) is 15.1. The molecule has 2 N–H and O–H groups in total. The molecule has 1 aromatic rings. The fourth-order valence-electron chi connectivity index (χ4n) is 3.35. The molecule has 1 aliphatic carbocycles. The van der Waals surface area contributed by atoms with Gasteiger partial charge in [-0.3, -0.25) is 9.59 Å². The number of benzene rings is 1. The van der Waals surface area contributed by atoms with E-state index in [0.29, 0.717) is 6.04 Å². The molecule has 0 saturated heterocycles. The summed E-state index contributed by atoms with van der Waals surface area (Å²) in [7, 11) is 0. The van der Waals surface area contributed by atoms with Crippen molar-refractivity contribution in [2.45, 2.75) is 70.8 Å². The van der Waals surface area contributed by atoms with Crippen molar-refractivity contribution in [3.63, 3.8) is 0 Å². The molecule has 1 saturated carbocycles. The van der Waals surface area contributed by atoms with E-state index in [1.807, 2.05) is 18.2 Å². The van der Waals surface area contributed by atoms with Gasteiger partial charge in [0.05, 0.1) is 0 Å². The summed E-state index contributed by atoms with van der Waals surface area (Å²) in [5.74, 6) is 0.0716. The van der Waals surface area contributed by atoms with Crippen LogP contribution in [0.3, 0.4) is 0 Å². The van der Waals surface area contributed by atoms with Crippen molar-refractivity contribution in [1.82, 2.24) is 10.6 Å². The van der Waals surface area contributed by atoms with Crippen LogP contribution in [0.2, 0.25) is 0 Å². The van der Waals surface area contributed by atoms with Crippen molar-refractivity contribution < 1.29 is 9.59 Å². The smallest absolute Gasteiger partial charge is 0.220 e. The van der Waals surface area contributed by atoms with E-state index in [4.69, 9.17) is 0 Å².